The van der Waals surface area contributed by atoms with Crippen molar-refractivity contribution in [3.05, 3.63) is 35.9 Å². The van der Waals surface area contributed by atoms with E-state index >= 15 is 0 Å². The number of hydrogen-bond donors (Lipinski definition) is 3. The second-order valence-corrected chi connectivity index (χ2v) is 10.8. The smallest absolute Gasteiger partial charge is 0.242 e. The molecule has 3 N–H and O–H groups in total. The molecule has 11 heteroatoms. The van der Waals surface area contributed by atoms with Gasteiger partial charge in [-0.05, 0) is 31.7 Å². The maximum atomic E-state index is 13.6. The zero-order chi connectivity index (χ0) is 30.5. The van der Waals surface area contributed by atoms with Crippen molar-refractivity contribution in [1.82, 2.24) is 20.4 Å². The molecule has 0 radical (unpaired) electrons. The fourth-order valence-corrected chi connectivity index (χ4v) is 5.69. The van der Waals surface area contributed by atoms with E-state index in [9.17, 15) is 24.3 Å². The van der Waals surface area contributed by atoms with Gasteiger partial charge in [-0.1, -0.05) is 50.6 Å². The van der Waals surface area contributed by atoms with E-state index in [0.29, 0.717) is 31.4 Å². The molecule has 7 atom stereocenters. The molecule has 0 aromatic heterocycles. The van der Waals surface area contributed by atoms with Gasteiger partial charge in [-0.15, -0.1) is 0 Å². The number of carbonyl (C=O) groups excluding carboxylic acids is 4. The number of nitrogens with one attached hydrogen (secondary N) is 2. The van der Waals surface area contributed by atoms with Crippen LogP contribution in [0.3, 0.4) is 0 Å². The SMILES string of the molecule is CCCC(C(CC(=O)N1CCCC1C(OC)C(C)C(=O)NC(C)C(O)c1ccccc1)OC)N(C)C(=O)CNC=O. The number of aliphatic hydroxyl groups is 1. The van der Waals surface area contributed by atoms with Gasteiger partial charge in [0.2, 0.25) is 24.1 Å². The lowest BCUT2D eigenvalue weighted by atomic mass is 9.93. The van der Waals surface area contributed by atoms with Crippen LogP contribution in [0, 0.1) is 5.92 Å². The highest BCUT2D eigenvalue weighted by molar-refractivity contribution is 5.81. The number of aliphatic hydroxyl groups excluding tert-OH is 1. The van der Waals surface area contributed by atoms with Gasteiger partial charge in [0.15, 0.2) is 0 Å². The summed E-state index contributed by atoms with van der Waals surface area (Å²) in [5, 5.41) is 16.0. The van der Waals surface area contributed by atoms with Crippen molar-refractivity contribution < 1.29 is 33.8 Å². The fraction of sp³-hybridized carbons (Fsp3) is 0.667. The predicted octanol–water partition coefficient (Wildman–Crippen LogP) is 1.65. The maximum Gasteiger partial charge on any atom is 0.242 e. The molecule has 0 spiro atoms. The lowest BCUT2D eigenvalue weighted by Gasteiger charge is -2.37. The van der Waals surface area contributed by atoms with Crippen molar-refractivity contribution in [3.8, 4) is 0 Å². The third-order valence-corrected chi connectivity index (χ3v) is 8.08. The van der Waals surface area contributed by atoms with E-state index in [2.05, 4.69) is 10.6 Å². The first kappa shape index (κ1) is 34.2. The molecule has 2 rings (SSSR count). The fourth-order valence-electron chi connectivity index (χ4n) is 5.69. The maximum absolute atomic E-state index is 13.6. The third-order valence-electron chi connectivity index (χ3n) is 8.08. The lowest BCUT2D eigenvalue weighted by molar-refractivity contribution is -0.144. The van der Waals surface area contributed by atoms with E-state index < -0.39 is 30.3 Å². The van der Waals surface area contributed by atoms with Crippen molar-refractivity contribution in [1.29, 1.82) is 0 Å². The number of amides is 4. The number of ether oxygens (including phenoxy) is 2. The minimum absolute atomic E-state index is 0.0632. The summed E-state index contributed by atoms with van der Waals surface area (Å²) in [4.78, 5) is 53.4. The summed E-state index contributed by atoms with van der Waals surface area (Å²) in [5.74, 6) is -1.24. The molecule has 1 aliphatic heterocycles. The average molecular weight is 577 g/mol. The molecule has 0 saturated carbocycles. The van der Waals surface area contributed by atoms with Gasteiger partial charge in [0, 0.05) is 27.8 Å². The summed E-state index contributed by atoms with van der Waals surface area (Å²) in [6.45, 7) is 5.93. The lowest BCUT2D eigenvalue weighted by Crippen LogP contribution is -2.53. The molecule has 7 unspecified atom stereocenters. The first-order valence-corrected chi connectivity index (χ1v) is 14.4. The van der Waals surface area contributed by atoms with E-state index in [1.807, 2.05) is 37.3 Å². The quantitative estimate of drug-likeness (QED) is 0.240. The number of likely N-dealkylation sites (N-methyl/N-ethyl adjacent to an activating group) is 1. The Balaban J connectivity index is 2.10. The Hall–Kier alpha value is -3.02. The molecule has 1 aromatic carbocycles. The number of methoxy groups -OCH3 is 2. The highest BCUT2D eigenvalue weighted by Gasteiger charge is 2.41. The van der Waals surface area contributed by atoms with Gasteiger partial charge in [0.05, 0.1) is 55.3 Å². The highest BCUT2D eigenvalue weighted by atomic mass is 16.5. The van der Waals surface area contributed by atoms with Crippen LogP contribution in [-0.4, -0.2) is 104 Å². The molecule has 0 aliphatic carbocycles. The van der Waals surface area contributed by atoms with Gasteiger partial charge in [-0.2, -0.15) is 0 Å². The molecule has 11 nitrogen and oxygen atoms in total. The number of hydrogen-bond acceptors (Lipinski definition) is 7. The van der Waals surface area contributed by atoms with Crippen LogP contribution in [0.25, 0.3) is 0 Å². The Morgan fingerprint density at radius 2 is 1.85 bits per heavy atom. The van der Waals surface area contributed by atoms with Crippen LogP contribution >= 0.6 is 0 Å². The van der Waals surface area contributed by atoms with Crippen LogP contribution in [-0.2, 0) is 28.7 Å². The Kier molecular flexibility index (Phi) is 14.2. The molecule has 41 heavy (non-hydrogen) atoms. The molecule has 1 fully saturated rings. The Labute approximate surface area is 243 Å². The molecular weight excluding hydrogens is 528 g/mol. The van der Waals surface area contributed by atoms with Crippen LogP contribution in [0.2, 0.25) is 0 Å². The van der Waals surface area contributed by atoms with Crippen molar-refractivity contribution in [3.63, 3.8) is 0 Å². The van der Waals surface area contributed by atoms with Crippen LogP contribution < -0.4 is 10.6 Å². The van der Waals surface area contributed by atoms with Crippen molar-refractivity contribution in [2.24, 2.45) is 5.92 Å². The molecular formula is C30H48N4O7. The third kappa shape index (κ3) is 9.24. The Bertz CT molecular complexity index is 979. The summed E-state index contributed by atoms with van der Waals surface area (Å²) in [6, 6.07) is 7.98. The molecule has 1 heterocycles. The van der Waals surface area contributed by atoms with Crippen LogP contribution in [0.15, 0.2) is 30.3 Å². The molecule has 1 aliphatic rings. The number of likely N-dealkylation sites (tertiary alicyclic amines) is 1. The summed E-state index contributed by atoms with van der Waals surface area (Å²) in [5.41, 5.74) is 0.713. The standard InChI is InChI=1S/C30H48N4O7/c1-7-12-23(33(4)27(37)18-31-19-35)25(40-5)17-26(36)34-16-11-15-24(34)29(41-6)20(2)30(39)32-21(3)28(38)22-13-9-8-10-14-22/h8-10,13-14,19-21,23-25,28-29,38H,7,11-12,15-18H2,1-6H3,(H,31,35)(H,32,39). The van der Waals surface area contributed by atoms with E-state index in [-0.39, 0.29) is 42.8 Å². The van der Waals surface area contributed by atoms with Gasteiger partial charge in [0.1, 0.15) is 0 Å². The summed E-state index contributed by atoms with van der Waals surface area (Å²) in [7, 11) is 4.72. The van der Waals surface area contributed by atoms with Crippen LogP contribution in [0.4, 0.5) is 0 Å². The predicted molar refractivity (Wildman–Crippen MR) is 155 cm³/mol. The highest BCUT2D eigenvalue weighted by Crippen LogP contribution is 2.29. The largest absolute Gasteiger partial charge is 0.386 e. The minimum Gasteiger partial charge on any atom is -0.386 e. The monoisotopic (exact) mass is 576 g/mol. The summed E-state index contributed by atoms with van der Waals surface area (Å²) < 4.78 is 11.5. The number of rotatable bonds is 17. The molecule has 0 bridgehead atoms. The second kappa shape index (κ2) is 17.1. The molecule has 1 aromatic rings. The first-order chi connectivity index (χ1) is 19.6. The molecule has 230 valence electrons. The van der Waals surface area contributed by atoms with Crippen molar-refractivity contribution in [2.75, 3.05) is 34.4 Å². The molecule has 1 saturated heterocycles. The van der Waals surface area contributed by atoms with E-state index in [4.69, 9.17) is 9.47 Å². The van der Waals surface area contributed by atoms with E-state index in [1.165, 1.54) is 12.0 Å². The van der Waals surface area contributed by atoms with Gasteiger partial charge in [-0.25, -0.2) is 0 Å². The summed E-state index contributed by atoms with van der Waals surface area (Å²) in [6.07, 6.45) is 1.46. The average Bonchev–Trinajstić information content (AvgIpc) is 3.47. The number of carbonyl (C=O) groups is 4. The summed E-state index contributed by atoms with van der Waals surface area (Å²) >= 11 is 0. The van der Waals surface area contributed by atoms with E-state index in [0.717, 1.165) is 12.8 Å². The van der Waals surface area contributed by atoms with E-state index in [1.54, 1.807) is 32.9 Å². The van der Waals surface area contributed by atoms with Gasteiger partial charge in [0.25, 0.3) is 0 Å². The van der Waals surface area contributed by atoms with Crippen molar-refractivity contribution >= 4 is 24.1 Å². The number of benzene rings is 1. The zero-order valence-electron chi connectivity index (χ0n) is 25.2. The van der Waals surface area contributed by atoms with Crippen LogP contribution in [0.1, 0.15) is 64.5 Å². The first-order valence-electron chi connectivity index (χ1n) is 14.4. The van der Waals surface area contributed by atoms with Gasteiger partial charge >= 0.3 is 0 Å². The van der Waals surface area contributed by atoms with Crippen molar-refractivity contribution in [2.45, 2.75) is 89.3 Å². The molecule has 4 amide bonds. The zero-order valence-corrected chi connectivity index (χ0v) is 25.2. The Morgan fingerprint density at radius 1 is 1.17 bits per heavy atom. The number of nitrogens with zero attached hydrogens (tertiary/aromatic N) is 2. The van der Waals surface area contributed by atoms with Gasteiger partial charge < -0.3 is 35.0 Å². The van der Waals surface area contributed by atoms with Crippen LogP contribution in [0.5, 0.6) is 0 Å². The topological polar surface area (TPSA) is 138 Å². The second-order valence-electron chi connectivity index (χ2n) is 10.8. The minimum atomic E-state index is -0.862. The van der Waals surface area contributed by atoms with Gasteiger partial charge in [-0.3, -0.25) is 19.2 Å². The Morgan fingerprint density at radius 3 is 2.44 bits per heavy atom. The normalized spacial score (nSPS) is 19.4.